The summed E-state index contributed by atoms with van der Waals surface area (Å²) in [5, 5.41) is 14.6. The van der Waals surface area contributed by atoms with Crippen LogP contribution in [-0.2, 0) is 10.8 Å². The summed E-state index contributed by atoms with van der Waals surface area (Å²) in [6, 6.07) is 110. The van der Waals surface area contributed by atoms with E-state index in [4.69, 9.17) is 0 Å². The first-order valence-electron chi connectivity index (χ1n) is 30.2. The topological polar surface area (TPSA) is 6.48 Å². The van der Waals surface area contributed by atoms with Crippen LogP contribution in [0.4, 0.5) is 34.1 Å². The van der Waals surface area contributed by atoms with Crippen LogP contribution in [0.2, 0.25) is 0 Å². The Morgan fingerprint density at radius 3 is 0.953 bits per heavy atom. The van der Waals surface area contributed by atoms with E-state index in [1.807, 2.05) is 0 Å². The second-order valence-corrected chi connectivity index (χ2v) is 24.7. The van der Waals surface area contributed by atoms with Crippen molar-refractivity contribution in [1.29, 1.82) is 0 Å². The number of benzene rings is 15. The van der Waals surface area contributed by atoms with Gasteiger partial charge in [0, 0.05) is 45.0 Å². The molecule has 2 aliphatic carbocycles. The molecule has 0 aromatic heterocycles. The molecule has 2 aliphatic rings. The van der Waals surface area contributed by atoms with Gasteiger partial charge >= 0.3 is 0 Å². The highest BCUT2D eigenvalue weighted by molar-refractivity contribution is 6.29. The Morgan fingerprint density at radius 1 is 0.198 bits per heavy atom. The summed E-state index contributed by atoms with van der Waals surface area (Å²) in [4.78, 5) is 4.96. The standard InChI is InChI=1S/C84H60N2/c1-83(2)77-37-21-19-35-67(77)69-43-39-59(51-79(69)83)85(55-25-7-5-8-26-55)57-41-45-71-75(49-57)81(73-47-53-23-11-13-29-61(53)63-31-15-17-33-65(63)73)72-46-42-58(50-76(72)82(71)74-48-54-24-12-14-30-62(54)64-32-16-18-34-66(64)74)86(56-27-9-6-10-28-56)60-40-44-70-68-36-20-22-38-78(68)84(3,4)80(70)52-60/h5-52H,1-4H3. The summed E-state index contributed by atoms with van der Waals surface area (Å²) < 4.78 is 0. The Hall–Kier alpha value is -10.5. The summed E-state index contributed by atoms with van der Waals surface area (Å²) in [7, 11) is 0. The molecule has 0 fully saturated rings. The lowest BCUT2D eigenvalue weighted by Gasteiger charge is -2.30. The zero-order valence-corrected chi connectivity index (χ0v) is 48.6. The lowest BCUT2D eigenvalue weighted by atomic mass is 9.81. The fourth-order valence-electron chi connectivity index (χ4n) is 15.3. The maximum atomic E-state index is 2.51. The van der Waals surface area contributed by atoms with Crippen molar-refractivity contribution in [2.24, 2.45) is 0 Å². The molecular weight excluding hydrogens is 1040 g/mol. The Morgan fingerprint density at radius 2 is 0.523 bits per heavy atom. The molecule has 0 bridgehead atoms. The molecule has 406 valence electrons. The van der Waals surface area contributed by atoms with Gasteiger partial charge in [-0.3, -0.25) is 0 Å². The first-order chi connectivity index (χ1) is 42.2. The van der Waals surface area contributed by atoms with Gasteiger partial charge in [0.25, 0.3) is 0 Å². The predicted octanol–water partition coefficient (Wildman–Crippen LogP) is 23.5. The maximum Gasteiger partial charge on any atom is 0.0468 e. The summed E-state index contributed by atoms with van der Waals surface area (Å²) in [6.45, 7) is 9.51. The highest BCUT2D eigenvalue weighted by Crippen LogP contribution is 2.55. The average molecular weight is 1100 g/mol. The molecule has 0 saturated heterocycles. The molecule has 2 nitrogen and oxygen atoms in total. The number of rotatable bonds is 8. The molecule has 0 amide bonds. The minimum absolute atomic E-state index is 0.174. The third kappa shape index (κ3) is 7.45. The second-order valence-electron chi connectivity index (χ2n) is 24.7. The molecule has 15 aromatic rings. The second kappa shape index (κ2) is 19.0. The summed E-state index contributed by atoms with van der Waals surface area (Å²) in [5.74, 6) is 0. The van der Waals surface area contributed by atoms with Crippen molar-refractivity contribution in [3.8, 4) is 44.5 Å². The van der Waals surface area contributed by atoms with E-state index in [0.717, 1.165) is 34.1 Å². The number of para-hydroxylation sites is 2. The van der Waals surface area contributed by atoms with Crippen molar-refractivity contribution >= 4 is 98.8 Å². The zero-order chi connectivity index (χ0) is 57.4. The van der Waals surface area contributed by atoms with E-state index in [2.05, 4.69) is 329 Å². The van der Waals surface area contributed by atoms with E-state index in [-0.39, 0.29) is 10.8 Å². The molecule has 15 aromatic carbocycles. The van der Waals surface area contributed by atoms with Gasteiger partial charge in [-0.2, -0.15) is 0 Å². The van der Waals surface area contributed by atoms with Crippen LogP contribution in [0, 0.1) is 0 Å². The van der Waals surface area contributed by atoms with Crippen molar-refractivity contribution in [3.05, 3.63) is 313 Å². The van der Waals surface area contributed by atoms with E-state index in [1.54, 1.807) is 0 Å². The normalized spacial score (nSPS) is 13.5. The Labute approximate surface area is 502 Å². The van der Waals surface area contributed by atoms with Gasteiger partial charge in [0.1, 0.15) is 0 Å². The van der Waals surface area contributed by atoms with Crippen LogP contribution in [0.5, 0.6) is 0 Å². The van der Waals surface area contributed by atoms with Crippen molar-refractivity contribution < 1.29 is 0 Å². The maximum absolute atomic E-state index is 2.51. The molecule has 0 atom stereocenters. The molecular formula is C84H60N2. The molecule has 86 heavy (non-hydrogen) atoms. The first-order valence-corrected chi connectivity index (χ1v) is 30.2. The van der Waals surface area contributed by atoms with Crippen molar-refractivity contribution in [2.45, 2.75) is 38.5 Å². The molecule has 0 saturated carbocycles. The Balaban J connectivity index is 1.00. The minimum Gasteiger partial charge on any atom is -0.310 e. The van der Waals surface area contributed by atoms with Crippen molar-refractivity contribution in [2.75, 3.05) is 9.80 Å². The first kappa shape index (κ1) is 50.0. The van der Waals surface area contributed by atoms with Crippen molar-refractivity contribution in [3.63, 3.8) is 0 Å². The van der Waals surface area contributed by atoms with E-state index < -0.39 is 0 Å². The van der Waals surface area contributed by atoms with Gasteiger partial charge in [-0.05, 0) is 216 Å². The molecule has 0 radical (unpaired) electrons. The van der Waals surface area contributed by atoms with Gasteiger partial charge in [-0.1, -0.05) is 234 Å². The quantitative estimate of drug-likeness (QED) is 0.111. The molecule has 0 N–H and O–H groups in total. The van der Waals surface area contributed by atoms with Crippen LogP contribution in [0.1, 0.15) is 49.9 Å². The van der Waals surface area contributed by atoms with Crippen LogP contribution in [0.3, 0.4) is 0 Å². The summed E-state index contributed by atoms with van der Waals surface area (Å²) in [6.07, 6.45) is 0. The largest absolute Gasteiger partial charge is 0.310 e. The SMILES string of the molecule is CC1(C)c2ccccc2-c2ccc(N(c3ccccc3)c3ccc4c(-c5cc6ccccc6c6ccccc56)c5cc(N(c6ccccc6)c6ccc7c(c6)C(C)(C)c6ccccc6-7)ccc5c(-c5cc6ccccc6c6ccccc56)c4c3)cc21. The molecule has 0 spiro atoms. The van der Waals surface area contributed by atoms with Gasteiger partial charge in [0.2, 0.25) is 0 Å². The van der Waals surface area contributed by atoms with E-state index in [0.29, 0.717) is 0 Å². The smallest absolute Gasteiger partial charge is 0.0468 e. The van der Waals surface area contributed by atoms with Gasteiger partial charge in [0.05, 0.1) is 0 Å². The third-order valence-electron chi connectivity index (χ3n) is 19.4. The Bertz CT molecular complexity index is 4970. The number of fused-ring (bicyclic) bond motifs is 14. The molecule has 0 heterocycles. The van der Waals surface area contributed by atoms with Crippen LogP contribution in [-0.4, -0.2) is 0 Å². The third-order valence-corrected chi connectivity index (χ3v) is 19.4. The lowest BCUT2D eigenvalue weighted by molar-refractivity contribution is 0.660. The number of nitrogens with zero attached hydrogens (tertiary/aromatic N) is 2. The van der Waals surface area contributed by atoms with Crippen LogP contribution in [0.25, 0.3) is 109 Å². The fraction of sp³-hybridized carbons (Fsp3) is 0.0714. The minimum atomic E-state index is -0.174. The van der Waals surface area contributed by atoms with E-state index in [1.165, 1.54) is 131 Å². The van der Waals surface area contributed by atoms with Gasteiger partial charge in [-0.25, -0.2) is 0 Å². The van der Waals surface area contributed by atoms with Crippen LogP contribution < -0.4 is 9.80 Å². The van der Waals surface area contributed by atoms with Crippen molar-refractivity contribution in [1.82, 2.24) is 0 Å². The highest BCUT2D eigenvalue weighted by Gasteiger charge is 2.38. The number of hydrogen-bond donors (Lipinski definition) is 0. The van der Waals surface area contributed by atoms with Gasteiger partial charge < -0.3 is 9.80 Å². The predicted molar refractivity (Wildman–Crippen MR) is 367 cm³/mol. The fourth-order valence-corrected chi connectivity index (χ4v) is 15.3. The average Bonchev–Trinajstić information content (AvgIpc) is 2.02. The summed E-state index contributed by atoms with van der Waals surface area (Å²) in [5.41, 5.74) is 21.8. The van der Waals surface area contributed by atoms with E-state index in [9.17, 15) is 0 Å². The number of anilines is 6. The van der Waals surface area contributed by atoms with E-state index >= 15 is 0 Å². The molecule has 0 unspecified atom stereocenters. The van der Waals surface area contributed by atoms with Crippen LogP contribution in [0.15, 0.2) is 291 Å². The van der Waals surface area contributed by atoms with Gasteiger partial charge in [0.15, 0.2) is 0 Å². The molecule has 2 heteroatoms. The van der Waals surface area contributed by atoms with Crippen LogP contribution >= 0.6 is 0 Å². The lowest BCUT2D eigenvalue weighted by Crippen LogP contribution is -2.16. The zero-order valence-electron chi connectivity index (χ0n) is 48.6. The monoisotopic (exact) mass is 1100 g/mol. The Kier molecular flexibility index (Phi) is 11.0. The number of hydrogen-bond acceptors (Lipinski definition) is 2. The summed E-state index contributed by atoms with van der Waals surface area (Å²) >= 11 is 0. The highest BCUT2D eigenvalue weighted by atomic mass is 15.1. The molecule has 0 aliphatic heterocycles. The molecule has 17 rings (SSSR count). The van der Waals surface area contributed by atoms with Gasteiger partial charge in [-0.15, -0.1) is 0 Å².